The molecule has 0 aliphatic carbocycles. The molecule has 110 valence electrons. The van der Waals surface area contributed by atoms with Crippen LogP contribution in [-0.2, 0) is 4.74 Å². The maximum atomic E-state index is 12.6. The fraction of sp³-hybridized carbons (Fsp3) is 0.375. The van der Waals surface area contributed by atoms with Crippen LogP contribution in [0.3, 0.4) is 0 Å². The molecule has 0 bridgehead atoms. The first-order valence-corrected chi connectivity index (χ1v) is 6.67. The number of rotatable bonds is 6. The topological polar surface area (TPSA) is 79.3 Å². The van der Waals surface area contributed by atoms with Gasteiger partial charge in [0.1, 0.15) is 0 Å². The van der Waals surface area contributed by atoms with Crippen molar-refractivity contribution in [2.75, 3.05) is 33.4 Å². The van der Waals surface area contributed by atoms with E-state index in [-0.39, 0.29) is 18.9 Å². The highest BCUT2D eigenvalue weighted by atomic mass is 16.5. The molecule has 0 aromatic heterocycles. The maximum absolute atomic E-state index is 12.6. The second-order valence-corrected chi connectivity index (χ2v) is 4.24. The number of ether oxygens (including phenoxy) is 1. The minimum atomic E-state index is -0.149. The summed E-state index contributed by atoms with van der Waals surface area (Å²) in [6.07, 6.45) is 0.284. The van der Waals surface area contributed by atoms with Crippen LogP contribution < -0.4 is 5.73 Å². The van der Waals surface area contributed by atoms with Crippen molar-refractivity contribution in [2.24, 2.45) is 5.73 Å². The van der Waals surface area contributed by atoms with Crippen molar-refractivity contribution < 1.29 is 9.53 Å². The molecule has 1 rings (SSSR count). The van der Waals surface area contributed by atoms with Crippen LogP contribution in [0.1, 0.15) is 22.3 Å². The Kier molecular flexibility index (Phi) is 7.60. The highest BCUT2D eigenvalue weighted by Crippen LogP contribution is 2.11. The van der Waals surface area contributed by atoms with Crippen molar-refractivity contribution in [1.82, 2.24) is 4.90 Å². The Bertz CT molecular complexity index is 567. The van der Waals surface area contributed by atoms with Crippen molar-refractivity contribution >= 4 is 5.91 Å². The van der Waals surface area contributed by atoms with Crippen molar-refractivity contribution in [3.05, 3.63) is 35.4 Å². The number of nitrogens with zero attached hydrogens (tertiary/aromatic N) is 2. The average molecular weight is 285 g/mol. The predicted octanol–water partition coefficient (Wildman–Crippen LogP) is 0.999. The summed E-state index contributed by atoms with van der Waals surface area (Å²) in [4.78, 5) is 14.2. The first kappa shape index (κ1) is 16.7. The Morgan fingerprint density at radius 2 is 2.14 bits per heavy atom. The van der Waals surface area contributed by atoms with Gasteiger partial charge in [0.15, 0.2) is 0 Å². The predicted molar refractivity (Wildman–Crippen MR) is 80.4 cm³/mol. The van der Waals surface area contributed by atoms with Gasteiger partial charge in [-0.05, 0) is 12.1 Å². The second kappa shape index (κ2) is 9.55. The minimum Gasteiger partial charge on any atom is -0.383 e. The van der Waals surface area contributed by atoms with E-state index < -0.39 is 0 Å². The van der Waals surface area contributed by atoms with Crippen molar-refractivity contribution in [1.29, 1.82) is 5.26 Å². The fourth-order valence-electron chi connectivity index (χ4n) is 1.80. The second-order valence-electron chi connectivity index (χ2n) is 4.24. The number of methoxy groups -OCH3 is 1. The Labute approximate surface area is 125 Å². The molecule has 5 heteroatoms. The van der Waals surface area contributed by atoms with E-state index >= 15 is 0 Å². The first-order valence-electron chi connectivity index (χ1n) is 6.67. The molecule has 0 saturated heterocycles. The quantitative estimate of drug-likeness (QED) is 0.791. The summed E-state index contributed by atoms with van der Waals surface area (Å²) in [6, 6.07) is 9.19. The number of carbonyl (C=O) groups excluding carboxylic acids is 1. The summed E-state index contributed by atoms with van der Waals surface area (Å²) in [5.41, 5.74) is 6.54. The van der Waals surface area contributed by atoms with Crippen LogP contribution in [0.15, 0.2) is 24.3 Å². The van der Waals surface area contributed by atoms with Crippen LogP contribution in [0.4, 0.5) is 0 Å². The van der Waals surface area contributed by atoms with Gasteiger partial charge in [-0.2, -0.15) is 5.26 Å². The number of nitriles is 1. The molecule has 1 amide bonds. The van der Waals surface area contributed by atoms with E-state index in [2.05, 4.69) is 17.9 Å². The van der Waals surface area contributed by atoms with E-state index in [1.54, 1.807) is 30.2 Å². The van der Waals surface area contributed by atoms with Crippen LogP contribution >= 0.6 is 0 Å². The van der Waals surface area contributed by atoms with Crippen LogP contribution in [-0.4, -0.2) is 44.2 Å². The van der Waals surface area contributed by atoms with E-state index in [0.717, 1.165) is 0 Å². The molecule has 0 aliphatic rings. The van der Waals surface area contributed by atoms with Crippen molar-refractivity contribution in [2.45, 2.75) is 6.42 Å². The number of benzene rings is 1. The lowest BCUT2D eigenvalue weighted by Crippen LogP contribution is -2.35. The van der Waals surface area contributed by atoms with Gasteiger partial charge in [-0.25, -0.2) is 0 Å². The summed E-state index contributed by atoms with van der Waals surface area (Å²) < 4.78 is 5.01. The Hall–Kier alpha value is -2.34. The first-order chi connectivity index (χ1) is 10.2. The lowest BCUT2D eigenvalue weighted by atomic mass is 10.1. The summed E-state index contributed by atoms with van der Waals surface area (Å²) in [7, 11) is 1.58. The maximum Gasteiger partial charge on any atom is 0.255 e. The van der Waals surface area contributed by atoms with E-state index in [1.807, 2.05) is 6.07 Å². The fourth-order valence-corrected chi connectivity index (χ4v) is 1.80. The molecule has 0 saturated carbocycles. The highest BCUT2D eigenvalue weighted by Gasteiger charge is 2.17. The summed E-state index contributed by atoms with van der Waals surface area (Å²) in [6.45, 7) is 1.48. The number of hydrogen-bond donors (Lipinski definition) is 1. The van der Waals surface area contributed by atoms with Gasteiger partial charge in [0.05, 0.1) is 31.2 Å². The van der Waals surface area contributed by atoms with E-state index in [9.17, 15) is 4.79 Å². The van der Waals surface area contributed by atoms with Gasteiger partial charge in [-0.3, -0.25) is 4.79 Å². The van der Waals surface area contributed by atoms with Crippen molar-refractivity contribution in [3.63, 3.8) is 0 Å². The van der Waals surface area contributed by atoms with Crippen LogP contribution in [0.2, 0.25) is 0 Å². The van der Waals surface area contributed by atoms with Gasteiger partial charge in [0.2, 0.25) is 0 Å². The zero-order valence-electron chi connectivity index (χ0n) is 12.1. The van der Waals surface area contributed by atoms with Crippen LogP contribution in [0.5, 0.6) is 0 Å². The van der Waals surface area contributed by atoms with Gasteiger partial charge >= 0.3 is 0 Å². The third kappa shape index (κ3) is 5.27. The summed E-state index contributed by atoms with van der Waals surface area (Å²) >= 11 is 0. The van der Waals surface area contributed by atoms with E-state index in [1.165, 1.54) is 0 Å². The Morgan fingerprint density at radius 1 is 1.38 bits per heavy atom. The molecule has 2 N–H and O–H groups in total. The molecular weight excluding hydrogens is 266 g/mol. The van der Waals surface area contributed by atoms with Gasteiger partial charge in [0.25, 0.3) is 5.91 Å². The third-order valence-corrected chi connectivity index (χ3v) is 2.83. The molecule has 1 aromatic rings. The Morgan fingerprint density at radius 3 is 2.81 bits per heavy atom. The van der Waals surface area contributed by atoms with E-state index in [4.69, 9.17) is 15.7 Å². The van der Waals surface area contributed by atoms with Gasteiger partial charge in [-0.1, -0.05) is 24.0 Å². The highest BCUT2D eigenvalue weighted by molar-refractivity contribution is 5.96. The van der Waals surface area contributed by atoms with Gasteiger partial charge in [0, 0.05) is 25.8 Å². The molecule has 0 spiro atoms. The van der Waals surface area contributed by atoms with Crippen LogP contribution in [0.25, 0.3) is 0 Å². The number of nitrogens with two attached hydrogens (primary N) is 1. The van der Waals surface area contributed by atoms with Gasteiger partial charge in [-0.15, -0.1) is 0 Å². The van der Waals surface area contributed by atoms with Crippen molar-refractivity contribution in [3.8, 4) is 17.9 Å². The molecule has 0 heterocycles. The lowest BCUT2D eigenvalue weighted by Gasteiger charge is -2.21. The largest absolute Gasteiger partial charge is 0.383 e. The average Bonchev–Trinajstić information content (AvgIpc) is 2.52. The monoisotopic (exact) mass is 285 g/mol. The molecule has 5 nitrogen and oxygen atoms in total. The molecular formula is C16H19N3O2. The SMILES string of the molecule is COCCN(CCC#N)C(=O)c1ccccc1C#CCN. The third-order valence-electron chi connectivity index (χ3n) is 2.83. The zero-order chi connectivity index (χ0) is 15.5. The number of hydrogen-bond acceptors (Lipinski definition) is 4. The molecule has 0 aliphatic heterocycles. The standard InChI is InChI=1S/C16H19N3O2/c1-21-13-12-19(11-5-10-18)16(20)15-8-3-2-6-14(15)7-4-9-17/h2-3,6,8H,5,9,11-13,17H2,1H3. The smallest absolute Gasteiger partial charge is 0.255 e. The normalized spacial score (nSPS) is 9.38. The molecule has 21 heavy (non-hydrogen) atoms. The lowest BCUT2D eigenvalue weighted by molar-refractivity contribution is 0.0699. The summed E-state index contributed by atoms with van der Waals surface area (Å²) in [5.74, 6) is 5.51. The summed E-state index contributed by atoms with van der Waals surface area (Å²) in [5, 5.41) is 8.71. The molecule has 0 radical (unpaired) electrons. The number of carbonyl (C=O) groups is 1. The Balaban J connectivity index is 2.99. The molecule has 0 fully saturated rings. The zero-order valence-corrected chi connectivity index (χ0v) is 12.1. The number of amides is 1. The van der Waals surface area contributed by atoms with E-state index in [0.29, 0.717) is 30.8 Å². The van der Waals surface area contributed by atoms with Crippen LogP contribution in [0, 0.1) is 23.2 Å². The minimum absolute atomic E-state index is 0.149. The van der Waals surface area contributed by atoms with Gasteiger partial charge < -0.3 is 15.4 Å². The molecule has 1 aromatic carbocycles. The molecule has 0 atom stereocenters. The molecule has 0 unspecified atom stereocenters.